The lowest BCUT2D eigenvalue weighted by Gasteiger charge is -1.99. The van der Waals surface area contributed by atoms with E-state index in [1.165, 1.54) is 19.3 Å². The third-order valence-electron chi connectivity index (χ3n) is 1.62. The number of ether oxygens (including phenoxy) is 1. The third-order valence-corrected chi connectivity index (χ3v) is 1.92. The number of aromatic hydroxyl groups is 1. The standard InChI is InChI=1S/C10H9ClO3/c1-14-9(12)6-5-7-3-2-4-8(11)10(7)13/h2-6,13H,1H3/b6-5+. The van der Waals surface area contributed by atoms with Crippen molar-refractivity contribution >= 4 is 23.6 Å². The van der Waals surface area contributed by atoms with Gasteiger partial charge in [0.15, 0.2) is 0 Å². The molecule has 1 rings (SSSR count). The molecule has 0 heterocycles. The van der Waals surface area contributed by atoms with Gasteiger partial charge in [-0.1, -0.05) is 23.7 Å². The van der Waals surface area contributed by atoms with Gasteiger partial charge in [0.1, 0.15) is 5.75 Å². The van der Waals surface area contributed by atoms with E-state index in [0.29, 0.717) is 5.56 Å². The van der Waals surface area contributed by atoms with Crippen LogP contribution in [0, 0.1) is 0 Å². The van der Waals surface area contributed by atoms with Gasteiger partial charge in [0.2, 0.25) is 0 Å². The number of para-hydroxylation sites is 1. The van der Waals surface area contributed by atoms with Crippen molar-refractivity contribution < 1.29 is 14.6 Å². The summed E-state index contributed by atoms with van der Waals surface area (Å²) in [6, 6.07) is 4.88. The molecule has 0 amide bonds. The summed E-state index contributed by atoms with van der Waals surface area (Å²) in [7, 11) is 1.28. The van der Waals surface area contributed by atoms with E-state index in [0.717, 1.165) is 0 Å². The number of carbonyl (C=O) groups is 1. The van der Waals surface area contributed by atoms with E-state index in [1.54, 1.807) is 18.2 Å². The van der Waals surface area contributed by atoms with Crippen LogP contribution in [-0.2, 0) is 9.53 Å². The molecular formula is C10H9ClO3. The fraction of sp³-hybridized carbons (Fsp3) is 0.100. The summed E-state index contributed by atoms with van der Waals surface area (Å²) in [5.74, 6) is -0.529. The minimum atomic E-state index is -0.482. The fourth-order valence-electron chi connectivity index (χ4n) is 0.892. The lowest BCUT2D eigenvalue weighted by atomic mass is 10.2. The molecule has 0 spiro atoms. The van der Waals surface area contributed by atoms with Crippen LogP contribution in [0.4, 0.5) is 0 Å². The Kier molecular flexibility index (Phi) is 3.54. The van der Waals surface area contributed by atoms with Crippen molar-refractivity contribution in [3.8, 4) is 5.75 Å². The van der Waals surface area contributed by atoms with Crippen LogP contribution in [0.5, 0.6) is 5.75 Å². The Hall–Kier alpha value is -1.48. The Balaban J connectivity index is 2.92. The predicted molar refractivity (Wildman–Crippen MR) is 54.2 cm³/mol. The second-order valence-electron chi connectivity index (χ2n) is 2.53. The Morgan fingerprint density at radius 3 is 2.93 bits per heavy atom. The van der Waals surface area contributed by atoms with Crippen LogP contribution in [0.1, 0.15) is 5.56 Å². The maximum atomic E-state index is 10.8. The molecule has 3 nitrogen and oxygen atoms in total. The van der Waals surface area contributed by atoms with Gasteiger partial charge in [-0.25, -0.2) is 4.79 Å². The average molecular weight is 213 g/mol. The molecule has 0 aliphatic heterocycles. The highest BCUT2D eigenvalue weighted by atomic mass is 35.5. The van der Waals surface area contributed by atoms with Crippen LogP contribution in [0.3, 0.4) is 0 Å². The lowest BCUT2D eigenvalue weighted by molar-refractivity contribution is -0.134. The van der Waals surface area contributed by atoms with Gasteiger partial charge in [0.25, 0.3) is 0 Å². The molecule has 0 aliphatic rings. The Morgan fingerprint density at radius 1 is 1.57 bits per heavy atom. The SMILES string of the molecule is COC(=O)/C=C/c1cccc(Cl)c1O. The zero-order valence-corrected chi connectivity index (χ0v) is 8.28. The fourth-order valence-corrected chi connectivity index (χ4v) is 1.07. The number of esters is 1. The third kappa shape index (κ3) is 2.50. The van der Waals surface area contributed by atoms with E-state index in [1.807, 2.05) is 0 Å². The van der Waals surface area contributed by atoms with Crippen molar-refractivity contribution in [2.24, 2.45) is 0 Å². The number of phenolic OH excluding ortho intramolecular Hbond substituents is 1. The highest BCUT2D eigenvalue weighted by molar-refractivity contribution is 6.32. The van der Waals surface area contributed by atoms with Crippen LogP contribution in [0.15, 0.2) is 24.3 Å². The first-order valence-electron chi connectivity index (χ1n) is 3.88. The molecule has 1 aromatic rings. The second kappa shape index (κ2) is 4.67. The number of rotatable bonds is 2. The first kappa shape index (κ1) is 10.6. The number of methoxy groups -OCH3 is 1. The van der Waals surface area contributed by atoms with E-state index in [9.17, 15) is 9.90 Å². The summed E-state index contributed by atoms with van der Waals surface area (Å²) in [4.78, 5) is 10.8. The van der Waals surface area contributed by atoms with E-state index < -0.39 is 5.97 Å². The summed E-state index contributed by atoms with van der Waals surface area (Å²) < 4.78 is 4.40. The second-order valence-corrected chi connectivity index (χ2v) is 2.94. The minimum absolute atomic E-state index is 0.0469. The normalized spacial score (nSPS) is 10.4. The van der Waals surface area contributed by atoms with Crippen molar-refractivity contribution in [2.75, 3.05) is 7.11 Å². The van der Waals surface area contributed by atoms with Gasteiger partial charge in [0, 0.05) is 11.6 Å². The van der Waals surface area contributed by atoms with Gasteiger partial charge in [-0.05, 0) is 12.1 Å². The van der Waals surface area contributed by atoms with Crippen LogP contribution in [0.2, 0.25) is 5.02 Å². The Labute approximate surface area is 86.6 Å². The minimum Gasteiger partial charge on any atom is -0.506 e. The zero-order chi connectivity index (χ0) is 10.6. The van der Waals surface area contributed by atoms with Crippen molar-refractivity contribution in [1.82, 2.24) is 0 Å². The quantitative estimate of drug-likeness (QED) is 0.604. The highest BCUT2D eigenvalue weighted by Crippen LogP contribution is 2.27. The number of hydrogen-bond donors (Lipinski definition) is 1. The van der Waals surface area contributed by atoms with Gasteiger partial charge >= 0.3 is 5.97 Å². The van der Waals surface area contributed by atoms with E-state index in [2.05, 4.69) is 4.74 Å². The monoisotopic (exact) mass is 212 g/mol. The van der Waals surface area contributed by atoms with E-state index in [-0.39, 0.29) is 10.8 Å². The van der Waals surface area contributed by atoms with Gasteiger partial charge in [-0.2, -0.15) is 0 Å². The predicted octanol–water partition coefficient (Wildman–Crippen LogP) is 2.23. The summed E-state index contributed by atoms with van der Waals surface area (Å²) in [6.07, 6.45) is 2.65. The Morgan fingerprint density at radius 2 is 2.29 bits per heavy atom. The van der Waals surface area contributed by atoms with Crippen LogP contribution < -0.4 is 0 Å². The van der Waals surface area contributed by atoms with E-state index in [4.69, 9.17) is 11.6 Å². The average Bonchev–Trinajstić information content (AvgIpc) is 2.20. The molecule has 0 unspecified atom stereocenters. The first-order valence-corrected chi connectivity index (χ1v) is 4.26. The van der Waals surface area contributed by atoms with Crippen molar-refractivity contribution in [3.63, 3.8) is 0 Å². The molecule has 0 atom stereocenters. The van der Waals surface area contributed by atoms with Crippen LogP contribution in [0.25, 0.3) is 6.08 Å². The van der Waals surface area contributed by atoms with Crippen molar-refractivity contribution in [3.05, 3.63) is 34.9 Å². The summed E-state index contributed by atoms with van der Waals surface area (Å²) in [6.45, 7) is 0. The molecule has 1 N–H and O–H groups in total. The maximum absolute atomic E-state index is 10.8. The smallest absolute Gasteiger partial charge is 0.330 e. The zero-order valence-electron chi connectivity index (χ0n) is 7.53. The largest absolute Gasteiger partial charge is 0.506 e. The number of carbonyl (C=O) groups excluding carboxylic acids is 1. The molecular weight excluding hydrogens is 204 g/mol. The molecule has 14 heavy (non-hydrogen) atoms. The summed E-state index contributed by atoms with van der Waals surface area (Å²) in [5, 5.41) is 9.70. The van der Waals surface area contributed by atoms with E-state index >= 15 is 0 Å². The lowest BCUT2D eigenvalue weighted by Crippen LogP contribution is -1.93. The van der Waals surface area contributed by atoms with Crippen LogP contribution >= 0.6 is 11.6 Å². The number of hydrogen-bond acceptors (Lipinski definition) is 3. The molecule has 0 bridgehead atoms. The maximum Gasteiger partial charge on any atom is 0.330 e. The first-order chi connectivity index (χ1) is 6.65. The number of benzene rings is 1. The van der Waals surface area contributed by atoms with Gasteiger partial charge < -0.3 is 9.84 Å². The number of phenols is 1. The molecule has 74 valence electrons. The molecule has 1 aromatic carbocycles. The van der Waals surface area contributed by atoms with Crippen LogP contribution in [-0.4, -0.2) is 18.2 Å². The topological polar surface area (TPSA) is 46.5 Å². The highest BCUT2D eigenvalue weighted by Gasteiger charge is 2.01. The molecule has 0 radical (unpaired) electrons. The molecule has 0 saturated heterocycles. The number of halogens is 1. The summed E-state index contributed by atoms with van der Waals surface area (Å²) >= 11 is 5.66. The molecule has 4 heteroatoms. The van der Waals surface area contributed by atoms with Gasteiger partial charge in [-0.3, -0.25) is 0 Å². The van der Waals surface area contributed by atoms with Crippen molar-refractivity contribution in [2.45, 2.75) is 0 Å². The molecule has 0 aliphatic carbocycles. The summed E-state index contributed by atoms with van der Waals surface area (Å²) in [5.41, 5.74) is 0.475. The van der Waals surface area contributed by atoms with Crippen molar-refractivity contribution in [1.29, 1.82) is 0 Å². The molecule has 0 saturated carbocycles. The Bertz CT molecular complexity index is 372. The molecule has 0 aromatic heterocycles. The van der Waals surface area contributed by atoms with Gasteiger partial charge in [-0.15, -0.1) is 0 Å². The molecule has 0 fully saturated rings. The van der Waals surface area contributed by atoms with Gasteiger partial charge in [0.05, 0.1) is 12.1 Å².